The number of methoxy groups -OCH3 is 1. The lowest BCUT2D eigenvalue weighted by molar-refractivity contribution is -0.0537. The first kappa shape index (κ1) is 16.3. The average molecular weight is 315 g/mol. The van der Waals surface area contributed by atoms with Gasteiger partial charge in [-0.1, -0.05) is 6.92 Å². The summed E-state index contributed by atoms with van der Waals surface area (Å²) in [6.07, 6.45) is 1.29. The number of ether oxygens (including phenoxy) is 2. The van der Waals surface area contributed by atoms with E-state index in [9.17, 15) is 9.90 Å². The van der Waals surface area contributed by atoms with Gasteiger partial charge in [0.25, 0.3) is 0 Å². The molecule has 1 aromatic heterocycles. The van der Waals surface area contributed by atoms with Crippen molar-refractivity contribution in [3.8, 4) is 0 Å². The van der Waals surface area contributed by atoms with Crippen LogP contribution in [0.3, 0.4) is 0 Å². The molecule has 1 fully saturated rings. The van der Waals surface area contributed by atoms with E-state index in [1.807, 2.05) is 6.92 Å². The Morgan fingerprint density at radius 1 is 1.52 bits per heavy atom. The van der Waals surface area contributed by atoms with E-state index in [1.54, 1.807) is 19.4 Å². The van der Waals surface area contributed by atoms with Crippen LogP contribution in [0.2, 0.25) is 0 Å². The molecule has 1 aliphatic rings. The molecule has 1 saturated heterocycles. The van der Waals surface area contributed by atoms with E-state index in [1.165, 1.54) is 16.3 Å². The minimum absolute atomic E-state index is 0.0204. The molecule has 3 N–H and O–H groups in total. The van der Waals surface area contributed by atoms with Gasteiger partial charge in [-0.05, 0) is 12.5 Å². The summed E-state index contributed by atoms with van der Waals surface area (Å²) in [5, 5.41) is 10.1. The summed E-state index contributed by atoms with van der Waals surface area (Å²) in [4.78, 5) is 15.7. The minimum Gasteiger partial charge on any atom is -0.389 e. The van der Waals surface area contributed by atoms with E-state index in [0.717, 1.165) is 6.42 Å². The Bertz CT molecular complexity index is 524. The largest absolute Gasteiger partial charge is 0.389 e. The number of aliphatic hydroxyl groups excluding tert-OH is 1. The smallest absolute Gasteiger partial charge is 0.350 e. The third kappa shape index (κ3) is 3.57. The molecule has 0 spiro atoms. The fraction of sp³-hybridized carbons (Fsp3) is 0.692. The Balaban J connectivity index is 2.23. The van der Waals surface area contributed by atoms with Gasteiger partial charge in [-0.25, -0.2) is 4.79 Å². The maximum Gasteiger partial charge on any atom is 0.350 e. The number of nitrogens with zero attached hydrogens (tertiary/aromatic N) is 2. The molecule has 7 nitrogen and oxygen atoms in total. The molecule has 1 unspecified atom stereocenters. The van der Waals surface area contributed by atoms with Crippen molar-refractivity contribution in [3.05, 3.63) is 22.7 Å². The first-order valence-corrected chi connectivity index (χ1v) is 7.81. The Morgan fingerprint density at radius 3 is 2.90 bits per heavy atom. The summed E-state index contributed by atoms with van der Waals surface area (Å²) in [5.74, 6) is 0.184. The number of hydrogen-bond donors (Lipinski definition) is 2. The fourth-order valence-electron chi connectivity index (χ4n) is 2.35. The first-order chi connectivity index (χ1) is 10.1. The standard InChI is InChI=1S/C13H21N3O4S/c1-3-8-10(17)11(20-7-6-19-2)12(21-8)16-5-4-9(14)15-13(16)18/h4-5,8,10-12,17H,3,6-7H2,1-2H3,(H2,14,15,18)/t8-,10?,11+,12-/m1/s1. The molecular weight excluding hydrogens is 294 g/mol. The molecule has 8 heteroatoms. The van der Waals surface area contributed by atoms with Crippen molar-refractivity contribution in [3.63, 3.8) is 0 Å². The van der Waals surface area contributed by atoms with Crippen LogP contribution in [0.1, 0.15) is 18.7 Å². The molecule has 1 aliphatic heterocycles. The van der Waals surface area contributed by atoms with Crippen LogP contribution >= 0.6 is 11.8 Å². The lowest BCUT2D eigenvalue weighted by Gasteiger charge is -2.23. The van der Waals surface area contributed by atoms with Gasteiger partial charge in [-0.2, -0.15) is 4.98 Å². The lowest BCUT2D eigenvalue weighted by Crippen LogP contribution is -2.38. The van der Waals surface area contributed by atoms with Crippen LogP contribution in [0.15, 0.2) is 17.1 Å². The van der Waals surface area contributed by atoms with Gasteiger partial charge in [0.1, 0.15) is 17.3 Å². The topological polar surface area (TPSA) is 99.6 Å². The van der Waals surface area contributed by atoms with Gasteiger partial charge in [0.05, 0.1) is 19.3 Å². The van der Waals surface area contributed by atoms with Gasteiger partial charge in [0.2, 0.25) is 0 Å². The van der Waals surface area contributed by atoms with Crippen LogP contribution in [0.25, 0.3) is 0 Å². The molecular formula is C13H21N3O4S. The molecule has 0 radical (unpaired) electrons. The van der Waals surface area contributed by atoms with Crippen molar-refractivity contribution in [1.29, 1.82) is 0 Å². The Morgan fingerprint density at radius 2 is 2.29 bits per heavy atom. The summed E-state index contributed by atoms with van der Waals surface area (Å²) >= 11 is 1.52. The number of thioether (sulfide) groups is 1. The highest BCUT2D eigenvalue weighted by molar-refractivity contribution is 8.00. The first-order valence-electron chi connectivity index (χ1n) is 6.87. The minimum atomic E-state index is -0.633. The quantitative estimate of drug-likeness (QED) is 0.725. The predicted molar refractivity (Wildman–Crippen MR) is 81.2 cm³/mol. The summed E-state index contributed by atoms with van der Waals surface area (Å²) in [7, 11) is 1.59. The Kier molecular flexibility index (Phi) is 5.63. The van der Waals surface area contributed by atoms with Gasteiger partial charge < -0.3 is 20.3 Å². The van der Waals surface area contributed by atoms with Gasteiger partial charge in [-0.15, -0.1) is 11.8 Å². The number of nitrogen functional groups attached to an aromatic ring is 1. The van der Waals surface area contributed by atoms with E-state index < -0.39 is 17.9 Å². The van der Waals surface area contributed by atoms with Crippen LogP contribution in [0, 0.1) is 0 Å². The van der Waals surface area contributed by atoms with E-state index >= 15 is 0 Å². The number of aliphatic hydroxyl groups is 1. The monoisotopic (exact) mass is 315 g/mol. The molecule has 2 rings (SSSR count). The summed E-state index contributed by atoms with van der Waals surface area (Å²) in [6, 6.07) is 1.57. The predicted octanol–water partition coefficient (Wildman–Crippen LogP) is 0.242. The number of hydrogen-bond acceptors (Lipinski definition) is 7. The third-order valence-electron chi connectivity index (χ3n) is 3.44. The maximum absolute atomic E-state index is 12.0. The zero-order valence-electron chi connectivity index (χ0n) is 12.1. The van der Waals surface area contributed by atoms with Crippen molar-refractivity contribution in [2.45, 2.75) is 36.2 Å². The van der Waals surface area contributed by atoms with Gasteiger partial charge in [-0.3, -0.25) is 4.57 Å². The molecule has 21 heavy (non-hydrogen) atoms. The van der Waals surface area contributed by atoms with Crippen molar-refractivity contribution < 1.29 is 14.6 Å². The van der Waals surface area contributed by atoms with Crippen molar-refractivity contribution in [1.82, 2.24) is 9.55 Å². The second-order valence-corrected chi connectivity index (χ2v) is 6.20. The van der Waals surface area contributed by atoms with Gasteiger partial charge in [0.15, 0.2) is 0 Å². The van der Waals surface area contributed by atoms with E-state index in [4.69, 9.17) is 15.2 Å². The third-order valence-corrected chi connectivity index (χ3v) is 5.17. The van der Waals surface area contributed by atoms with Crippen LogP contribution in [-0.2, 0) is 9.47 Å². The zero-order chi connectivity index (χ0) is 15.4. The highest BCUT2D eigenvalue weighted by Crippen LogP contribution is 2.44. The molecule has 0 bridgehead atoms. The Hall–Kier alpha value is -1.09. The van der Waals surface area contributed by atoms with Gasteiger partial charge in [0, 0.05) is 18.6 Å². The number of nitrogens with two attached hydrogens (primary N) is 1. The zero-order valence-corrected chi connectivity index (χ0v) is 13.0. The molecule has 2 heterocycles. The number of rotatable bonds is 6. The van der Waals surface area contributed by atoms with Crippen LogP contribution in [0.4, 0.5) is 5.82 Å². The summed E-state index contributed by atoms with van der Waals surface area (Å²) in [6.45, 7) is 2.80. The van der Waals surface area contributed by atoms with Crippen molar-refractivity contribution in [2.75, 3.05) is 26.1 Å². The summed E-state index contributed by atoms with van der Waals surface area (Å²) in [5.41, 5.74) is 5.08. The normalized spacial score (nSPS) is 28.9. The number of aromatic nitrogens is 2. The molecule has 0 aliphatic carbocycles. The fourth-order valence-corrected chi connectivity index (χ4v) is 3.90. The van der Waals surface area contributed by atoms with Crippen molar-refractivity contribution >= 4 is 17.6 Å². The highest BCUT2D eigenvalue weighted by atomic mass is 32.2. The van der Waals surface area contributed by atoms with E-state index in [-0.39, 0.29) is 16.4 Å². The van der Waals surface area contributed by atoms with E-state index in [2.05, 4.69) is 4.98 Å². The average Bonchev–Trinajstić information content (AvgIpc) is 2.76. The second-order valence-electron chi connectivity index (χ2n) is 4.83. The molecule has 1 aromatic rings. The van der Waals surface area contributed by atoms with Crippen LogP contribution in [0.5, 0.6) is 0 Å². The highest BCUT2D eigenvalue weighted by Gasteiger charge is 2.44. The van der Waals surface area contributed by atoms with Crippen molar-refractivity contribution in [2.24, 2.45) is 0 Å². The Labute approximate surface area is 127 Å². The van der Waals surface area contributed by atoms with Gasteiger partial charge >= 0.3 is 5.69 Å². The maximum atomic E-state index is 12.0. The van der Waals surface area contributed by atoms with Crippen LogP contribution in [-0.4, -0.2) is 52.4 Å². The molecule has 0 amide bonds. The molecule has 0 aromatic carbocycles. The lowest BCUT2D eigenvalue weighted by atomic mass is 10.1. The van der Waals surface area contributed by atoms with Crippen LogP contribution < -0.4 is 11.4 Å². The molecule has 118 valence electrons. The number of anilines is 1. The summed E-state index contributed by atoms with van der Waals surface area (Å²) < 4.78 is 12.2. The second kappa shape index (κ2) is 7.26. The molecule has 4 atom stereocenters. The van der Waals surface area contributed by atoms with E-state index in [0.29, 0.717) is 13.2 Å². The molecule has 0 saturated carbocycles. The SMILES string of the molecule is CC[C@H]1S[C@@H](n2ccc(N)nc2=O)[C@@H](OCCOC)C1O.